The molecule has 168 valence electrons. The number of hydrogen-bond acceptors (Lipinski definition) is 3. The van der Waals surface area contributed by atoms with E-state index in [0.29, 0.717) is 19.6 Å². The topological polar surface area (TPSA) is 27.7 Å². The van der Waals surface area contributed by atoms with Crippen LogP contribution in [0.5, 0.6) is 0 Å². The van der Waals surface area contributed by atoms with Crippen molar-refractivity contribution in [2.75, 3.05) is 13.2 Å². The molecule has 0 saturated heterocycles. The van der Waals surface area contributed by atoms with E-state index in [2.05, 4.69) is 6.92 Å². The Kier molecular flexibility index (Phi) is 13.2. The molecule has 1 atom stereocenters. The summed E-state index contributed by atoms with van der Waals surface area (Å²) in [6, 6.07) is 5.31. The molecule has 6 heteroatoms. The Labute approximate surface area is 173 Å². The van der Waals surface area contributed by atoms with Crippen LogP contribution < -0.4 is 0 Å². The molecular formula is C23H37F3O3. The zero-order valence-electron chi connectivity index (χ0n) is 18.1. The van der Waals surface area contributed by atoms with Crippen molar-refractivity contribution in [1.29, 1.82) is 0 Å². The Morgan fingerprint density at radius 1 is 0.793 bits per heavy atom. The molecule has 29 heavy (non-hydrogen) atoms. The predicted octanol–water partition coefficient (Wildman–Crippen LogP) is 7.13. The van der Waals surface area contributed by atoms with Gasteiger partial charge in [0.05, 0.1) is 11.7 Å². The second-order valence-corrected chi connectivity index (χ2v) is 7.27. The second-order valence-electron chi connectivity index (χ2n) is 7.27. The van der Waals surface area contributed by atoms with Gasteiger partial charge in [-0.25, -0.2) is 0 Å². The summed E-state index contributed by atoms with van der Waals surface area (Å²) in [5, 5.41) is 0. The lowest BCUT2D eigenvalue weighted by Gasteiger charge is -2.24. The number of unbranched alkanes of at least 4 members (excludes halogenated alkanes) is 6. The third-order valence-electron chi connectivity index (χ3n) is 4.78. The lowest BCUT2D eigenvalue weighted by atomic mass is 10.0. The molecule has 1 aromatic rings. The molecule has 1 unspecified atom stereocenters. The van der Waals surface area contributed by atoms with E-state index in [-0.39, 0.29) is 6.10 Å². The fraction of sp³-hybridized carbons (Fsp3) is 0.739. The van der Waals surface area contributed by atoms with Crippen LogP contribution in [-0.2, 0) is 26.8 Å². The smallest absolute Gasteiger partial charge is 0.330 e. The van der Waals surface area contributed by atoms with Crippen LogP contribution in [0.25, 0.3) is 0 Å². The molecule has 0 radical (unpaired) electrons. The highest BCUT2D eigenvalue weighted by atomic mass is 19.4. The van der Waals surface area contributed by atoms with Crippen molar-refractivity contribution in [1.82, 2.24) is 0 Å². The lowest BCUT2D eigenvalue weighted by Crippen LogP contribution is -2.29. The maximum Gasteiger partial charge on any atom is 0.416 e. The van der Waals surface area contributed by atoms with Gasteiger partial charge in [-0.2, -0.15) is 13.2 Å². The van der Waals surface area contributed by atoms with E-state index in [4.69, 9.17) is 14.2 Å². The van der Waals surface area contributed by atoms with Crippen molar-refractivity contribution < 1.29 is 27.4 Å². The second kappa shape index (κ2) is 14.8. The molecule has 1 rings (SSSR count). The third kappa shape index (κ3) is 11.6. The first kappa shape index (κ1) is 25.9. The summed E-state index contributed by atoms with van der Waals surface area (Å²) in [7, 11) is 0. The third-order valence-corrected chi connectivity index (χ3v) is 4.78. The Balaban J connectivity index is 2.63. The van der Waals surface area contributed by atoms with Crippen LogP contribution in [0.2, 0.25) is 0 Å². The van der Waals surface area contributed by atoms with Crippen LogP contribution in [0.15, 0.2) is 24.3 Å². The van der Waals surface area contributed by atoms with E-state index in [1.807, 2.05) is 13.8 Å². The van der Waals surface area contributed by atoms with E-state index in [1.165, 1.54) is 44.2 Å². The Bertz CT molecular complexity index is 511. The highest BCUT2D eigenvalue weighted by Gasteiger charge is 2.30. The van der Waals surface area contributed by atoms with Crippen molar-refractivity contribution in [3.05, 3.63) is 35.4 Å². The van der Waals surface area contributed by atoms with E-state index in [0.717, 1.165) is 37.0 Å². The van der Waals surface area contributed by atoms with Gasteiger partial charge in [0.2, 0.25) is 0 Å². The van der Waals surface area contributed by atoms with E-state index < -0.39 is 18.2 Å². The minimum atomic E-state index is -4.32. The molecule has 0 N–H and O–H groups in total. The SMILES string of the molecule is CCCCCCCCCC(Cc1ccc(C(F)(F)F)cc1)OC(OCC)OCC. The summed E-state index contributed by atoms with van der Waals surface area (Å²) in [6.45, 7) is 6.14. The first-order valence-corrected chi connectivity index (χ1v) is 10.9. The molecule has 1 aromatic carbocycles. The van der Waals surface area contributed by atoms with Crippen LogP contribution in [0.1, 0.15) is 83.3 Å². The maximum absolute atomic E-state index is 12.8. The van der Waals surface area contributed by atoms with Crippen LogP contribution in [0.4, 0.5) is 13.2 Å². The monoisotopic (exact) mass is 418 g/mol. The Morgan fingerprint density at radius 2 is 1.34 bits per heavy atom. The highest BCUT2D eigenvalue weighted by Crippen LogP contribution is 2.29. The Hall–Kier alpha value is -1.11. The standard InChI is InChI=1S/C23H37F3O3/c1-4-7-8-9-10-11-12-13-21(29-22(27-5-2)28-6-3)18-19-14-16-20(17-15-19)23(24,25)26/h14-17,21-22H,4-13,18H2,1-3H3. The van der Waals surface area contributed by atoms with Crippen LogP contribution in [-0.4, -0.2) is 25.8 Å². The molecule has 0 aromatic heterocycles. The molecule has 0 heterocycles. The van der Waals surface area contributed by atoms with Crippen molar-refractivity contribution in [2.45, 2.75) is 97.3 Å². The molecule has 0 spiro atoms. The van der Waals surface area contributed by atoms with Crippen LogP contribution in [0.3, 0.4) is 0 Å². The molecule has 3 nitrogen and oxygen atoms in total. The van der Waals surface area contributed by atoms with Gasteiger partial charge in [0.1, 0.15) is 0 Å². The van der Waals surface area contributed by atoms with Gasteiger partial charge in [0, 0.05) is 13.2 Å². The fourth-order valence-electron chi connectivity index (χ4n) is 3.20. The van der Waals surface area contributed by atoms with Crippen LogP contribution in [0, 0.1) is 0 Å². The Morgan fingerprint density at radius 3 is 1.86 bits per heavy atom. The molecule has 0 saturated carbocycles. The summed E-state index contributed by atoms with van der Waals surface area (Å²) >= 11 is 0. The minimum absolute atomic E-state index is 0.162. The molecule has 0 aliphatic rings. The molecule has 0 aliphatic heterocycles. The van der Waals surface area contributed by atoms with Gasteiger partial charge in [0.15, 0.2) is 0 Å². The number of alkyl halides is 3. The van der Waals surface area contributed by atoms with Gasteiger partial charge in [0.25, 0.3) is 6.48 Å². The van der Waals surface area contributed by atoms with E-state index in [1.54, 1.807) is 0 Å². The van der Waals surface area contributed by atoms with Gasteiger partial charge in [-0.05, 0) is 44.4 Å². The van der Waals surface area contributed by atoms with Gasteiger partial charge in [-0.3, -0.25) is 0 Å². The largest absolute Gasteiger partial charge is 0.416 e. The fourth-order valence-corrected chi connectivity index (χ4v) is 3.20. The lowest BCUT2D eigenvalue weighted by molar-refractivity contribution is -0.301. The predicted molar refractivity (Wildman–Crippen MR) is 110 cm³/mol. The molecular weight excluding hydrogens is 381 g/mol. The maximum atomic E-state index is 12.8. The summed E-state index contributed by atoms with van der Waals surface area (Å²) in [5.41, 5.74) is 0.185. The van der Waals surface area contributed by atoms with Gasteiger partial charge in [-0.1, -0.05) is 64.0 Å². The number of ether oxygens (including phenoxy) is 3. The highest BCUT2D eigenvalue weighted by molar-refractivity contribution is 5.25. The summed E-state index contributed by atoms with van der Waals surface area (Å²) in [4.78, 5) is 0. The van der Waals surface area contributed by atoms with Crippen molar-refractivity contribution in [2.24, 2.45) is 0 Å². The van der Waals surface area contributed by atoms with E-state index in [9.17, 15) is 13.2 Å². The average molecular weight is 419 g/mol. The number of benzene rings is 1. The summed E-state index contributed by atoms with van der Waals surface area (Å²) in [5.74, 6) is 0. The normalized spacial score (nSPS) is 13.2. The van der Waals surface area contributed by atoms with Gasteiger partial charge in [-0.15, -0.1) is 0 Å². The summed E-state index contributed by atoms with van der Waals surface area (Å²) < 4.78 is 55.3. The summed E-state index contributed by atoms with van der Waals surface area (Å²) in [6.07, 6.45) is 5.27. The number of rotatable bonds is 16. The van der Waals surface area contributed by atoms with Crippen molar-refractivity contribution in [3.8, 4) is 0 Å². The average Bonchev–Trinajstić information content (AvgIpc) is 2.67. The number of halogens is 3. The molecule has 0 aliphatic carbocycles. The molecule has 0 fully saturated rings. The molecule has 0 bridgehead atoms. The van der Waals surface area contributed by atoms with Crippen molar-refractivity contribution in [3.63, 3.8) is 0 Å². The zero-order chi connectivity index (χ0) is 21.5. The van der Waals surface area contributed by atoms with E-state index >= 15 is 0 Å². The minimum Gasteiger partial charge on any atom is -0.330 e. The zero-order valence-corrected chi connectivity index (χ0v) is 18.1. The van der Waals surface area contributed by atoms with Gasteiger partial charge >= 0.3 is 6.18 Å². The number of hydrogen-bond donors (Lipinski definition) is 0. The first-order chi connectivity index (χ1) is 13.9. The van der Waals surface area contributed by atoms with Crippen LogP contribution >= 0.6 is 0 Å². The van der Waals surface area contributed by atoms with Crippen molar-refractivity contribution >= 4 is 0 Å². The molecule has 0 amide bonds. The van der Waals surface area contributed by atoms with Gasteiger partial charge < -0.3 is 14.2 Å². The first-order valence-electron chi connectivity index (χ1n) is 10.9. The quantitative estimate of drug-likeness (QED) is 0.211.